The van der Waals surface area contributed by atoms with Gasteiger partial charge in [0.2, 0.25) is 0 Å². The van der Waals surface area contributed by atoms with Crippen LogP contribution in [-0.2, 0) is 4.79 Å². The van der Waals surface area contributed by atoms with E-state index >= 15 is 0 Å². The molecule has 0 radical (unpaired) electrons. The van der Waals surface area contributed by atoms with E-state index < -0.39 is 0 Å². The Morgan fingerprint density at radius 3 is 2.65 bits per heavy atom. The van der Waals surface area contributed by atoms with Gasteiger partial charge in [0, 0.05) is 12.0 Å². The van der Waals surface area contributed by atoms with Gasteiger partial charge in [-0.15, -0.1) is 0 Å². The summed E-state index contributed by atoms with van der Waals surface area (Å²) in [4.78, 5) is 12.0. The zero-order valence-corrected chi connectivity index (χ0v) is 10.6. The standard InChI is InChI=1S/C16H22O/c1-13-7-10-15(11-8-13)16(17)12-9-14-5-3-2-4-6-14/h7,10-11,14H,1-6,8-9,12H2. The largest absolute Gasteiger partial charge is 0.294 e. The van der Waals surface area contributed by atoms with Gasteiger partial charge in [-0.2, -0.15) is 0 Å². The van der Waals surface area contributed by atoms with Crippen molar-refractivity contribution in [3.8, 4) is 0 Å². The lowest BCUT2D eigenvalue weighted by atomic mass is 9.85. The summed E-state index contributed by atoms with van der Waals surface area (Å²) in [5, 5.41) is 0. The molecule has 0 atom stereocenters. The van der Waals surface area contributed by atoms with E-state index in [0.717, 1.165) is 36.3 Å². The van der Waals surface area contributed by atoms with E-state index in [0.29, 0.717) is 5.78 Å². The first-order chi connectivity index (χ1) is 8.25. The maximum absolute atomic E-state index is 12.0. The quantitative estimate of drug-likeness (QED) is 0.701. The van der Waals surface area contributed by atoms with E-state index in [9.17, 15) is 4.79 Å². The minimum Gasteiger partial charge on any atom is -0.294 e. The molecule has 0 aromatic carbocycles. The summed E-state index contributed by atoms with van der Waals surface area (Å²) in [5.41, 5.74) is 1.99. The Morgan fingerprint density at radius 2 is 2.00 bits per heavy atom. The number of carbonyl (C=O) groups is 1. The molecule has 0 heterocycles. The lowest BCUT2D eigenvalue weighted by molar-refractivity contribution is -0.115. The molecule has 0 unspecified atom stereocenters. The zero-order chi connectivity index (χ0) is 12.1. The summed E-state index contributed by atoms with van der Waals surface area (Å²) in [5.74, 6) is 1.12. The molecule has 0 aliphatic heterocycles. The normalized spacial score (nSPS) is 21.4. The van der Waals surface area contributed by atoms with Crippen molar-refractivity contribution in [2.45, 2.75) is 51.4 Å². The van der Waals surface area contributed by atoms with Crippen molar-refractivity contribution in [1.29, 1.82) is 0 Å². The van der Waals surface area contributed by atoms with Crippen molar-refractivity contribution in [2.24, 2.45) is 5.92 Å². The Labute approximate surface area is 104 Å². The van der Waals surface area contributed by atoms with Crippen LogP contribution < -0.4 is 0 Å². The first kappa shape index (κ1) is 12.3. The second kappa shape index (κ2) is 6.00. The molecule has 2 aliphatic rings. The van der Waals surface area contributed by atoms with E-state index in [1.54, 1.807) is 0 Å². The fourth-order valence-electron chi connectivity index (χ4n) is 2.75. The van der Waals surface area contributed by atoms with Gasteiger partial charge in [-0.1, -0.05) is 62.5 Å². The Balaban J connectivity index is 1.77. The molecule has 0 amide bonds. The molecule has 1 nitrogen and oxygen atoms in total. The number of hydrogen-bond acceptors (Lipinski definition) is 1. The number of ketones is 1. The van der Waals surface area contributed by atoms with E-state index in [4.69, 9.17) is 0 Å². The van der Waals surface area contributed by atoms with Gasteiger partial charge in [0.05, 0.1) is 0 Å². The molecule has 1 saturated carbocycles. The average Bonchev–Trinajstić information content (AvgIpc) is 2.38. The second-order valence-corrected chi connectivity index (χ2v) is 5.32. The van der Waals surface area contributed by atoms with Gasteiger partial charge < -0.3 is 0 Å². The van der Waals surface area contributed by atoms with Crippen LogP contribution in [0.3, 0.4) is 0 Å². The molecular formula is C16H22O. The lowest BCUT2D eigenvalue weighted by Gasteiger charge is -2.21. The number of Topliss-reactive ketones (excluding diaryl/α,β-unsaturated/α-hetero) is 1. The molecular weight excluding hydrogens is 208 g/mol. The highest BCUT2D eigenvalue weighted by Crippen LogP contribution is 2.28. The third-order valence-electron chi connectivity index (χ3n) is 3.91. The highest BCUT2D eigenvalue weighted by molar-refractivity contribution is 5.98. The van der Waals surface area contributed by atoms with Crippen molar-refractivity contribution < 1.29 is 4.79 Å². The molecule has 1 heteroatoms. The number of hydrogen-bond donors (Lipinski definition) is 0. The lowest BCUT2D eigenvalue weighted by Crippen LogP contribution is -2.10. The van der Waals surface area contributed by atoms with Gasteiger partial charge in [0.15, 0.2) is 5.78 Å². The predicted octanol–water partition coefficient (Wildman–Crippen LogP) is 4.36. The van der Waals surface area contributed by atoms with Crippen molar-refractivity contribution in [2.75, 3.05) is 0 Å². The monoisotopic (exact) mass is 230 g/mol. The number of carbonyl (C=O) groups excluding carboxylic acids is 1. The summed E-state index contributed by atoms with van der Waals surface area (Å²) in [6.07, 6.45) is 15.3. The number of allylic oxidation sites excluding steroid dienone is 5. The van der Waals surface area contributed by atoms with Crippen LogP contribution in [0.25, 0.3) is 0 Å². The van der Waals surface area contributed by atoms with Crippen LogP contribution in [0.5, 0.6) is 0 Å². The van der Waals surface area contributed by atoms with Crippen molar-refractivity contribution in [1.82, 2.24) is 0 Å². The molecule has 2 aliphatic carbocycles. The van der Waals surface area contributed by atoms with Gasteiger partial charge in [0.1, 0.15) is 0 Å². The van der Waals surface area contributed by atoms with Gasteiger partial charge in [0.25, 0.3) is 0 Å². The van der Waals surface area contributed by atoms with Crippen LogP contribution in [0.2, 0.25) is 0 Å². The van der Waals surface area contributed by atoms with Gasteiger partial charge in [-0.05, 0) is 18.8 Å². The maximum Gasteiger partial charge on any atom is 0.162 e. The van der Waals surface area contributed by atoms with Crippen LogP contribution in [0.4, 0.5) is 0 Å². The molecule has 0 aromatic heterocycles. The van der Waals surface area contributed by atoms with Crippen molar-refractivity contribution in [3.63, 3.8) is 0 Å². The average molecular weight is 230 g/mol. The highest BCUT2D eigenvalue weighted by Gasteiger charge is 2.16. The van der Waals surface area contributed by atoms with E-state index in [2.05, 4.69) is 6.58 Å². The second-order valence-electron chi connectivity index (χ2n) is 5.32. The van der Waals surface area contributed by atoms with Crippen LogP contribution >= 0.6 is 0 Å². The van der Waals surface area contributed by atoms with Crippen LogP contribution in [0.1, 0.15) is 51.4 Å². The number of rotatable bonds is 4. The smallest absolute Gasteiger partial charge is 0.162 e. The van der Waals surface area contributed by atoms with E-state index in [1.165, 1.54) is 32.1 Å². The summed E-state index contributed by atoms with van der Waals surface area (Å²) >= 11 is 0. The van der Waals surface area contributed by atoms with Crippen molar-refractivity contribution >= 4 is 5.78 Å². The summed E-state index contributed by atoms with van der Waals surface area (Å²) in [7, 11) is 0. The third kappa shape index (κ3) is 3.69. The van der Waals surface area contributed by atoms with Crippen LogP contribution in [-0.4, -0.2) is 5.78 Å². The van der Waals surface area contributed by atoms with E-state index in [-0.39, 0.29) is 0 Å². The Kier molecular flexibility index (Phi) is 4.36. The maximum atomic E-state index is 12.0. The van der Waals surface area contributed by atoms with E-state index in [1.807, 2.05) is 18.2 Å². The molecule has 0 saturated heterocycles. The minimum atomic E-state index is 0.319. The summed E-state index contributed by atoms with van der Waals surface area (Å²) in [6.45, 7) is 3.88. The Morgan fingerprint density at radius 1 is 1.24 bits per heavy atom. The molecule has 92 valence electrons. The summed E-state index contributed by atoms with van der Waals surface area (Å²) in [6, 6.07) is 0. The van der Waals surface area contributed by atoms with Crippen LogP contribution in [0, 0.1) is 5.92 Å². The third-order valence-corrected chi connectivity index (χ3v) is 3.91. The molecule has 2 rings (SSSR count). The zero-order valence-electron chi connectivity index (χ0n) is 10.6. The fraction of sp³-hybridized carbons (Fsp3) is 0.562. The van der Waals surface area contributed by atoms with Gasteiger partial charge in [-0.3, -0.25) is 4.79 Å². The first-order valence-electron chi connectivity index (χ1n) is 6.85. The SMILES string of the molecule is C=C1C=CC(C(=O)CCC2CCCCC2)=CC1. The van der Waals surface area contributed by atoms with Crippen LogP contribution in [0.15, 0.2) is 36.0 Å². The Bertz CT molecular complexity index is 354. The first-order valence-corrected chi connectivity index (χ1v) is 6.85. The minimum absolute atomic E-state index is 0.319. The highest BCUT2D eigenvalue weighted by atomic mass is 16.1. The molecule has 0 aromatic rings. The van der Waals surface area contributed by atoms with Crippen molar-refractivity contribution in [3.05, 3.63) is 36.0 Å². The molecule has 0 spiro atoms. The molecule has 17 heavy (non-hydrogen) atoms. The fourth-order valence-corrected chi connectivity index (χ4v) is 2.75. The topological polar surface area (TPSA) is 17.1 Å². The van der Waals surface area contributed by atoms with Gasteiger partial charge >= 0.3 is 0 Å². The summed E-state index contributed by atoms with van der Waals surface area (Å²) < 4.78 is 0. The Hall–Kier alpha value is -1.11. The molecule has 0 bridgehead atoms. The molecule has 1 fully saturated rings. The molecule has 0 N–H and O–H groups in total. The predicted molar refractivity (Wildman–Crippen MR) is 71.8 cm³/mol. The van der Waals surface area contributed by atoms with Gasteiger partial charge in [-0.25, -0.2) is 0 Å².